The highest BCUT2D eigenvalue weighted by Gasteiger charge is 2.35. The molecule has 1 fully saturated rings. The van der Waals surface area contributed by atoms with E-state index in [-0.39, 0.29) is 11.6 Å². The molecule has 1 saturated heterocycles. The van der Waals surface area contributed by atoms with E-state index in [0.29, 0.717) is 11.7 Å². The zero-order valence-electron chi connectivity index (χ0n) is 11.7. The molecule has 0 saturated carbocycles. The molecule has 0 spiro atoms. The lowest BCUT2D eigenvalue weighted by atomic mass is 10.1. The summed E-state index contributed by atoms with van der Waals surface area (Å²) < 4.78 is 0. The normalized spacial score (nSPS) is 17.3. The van der Waals surface area contributed by atoms with Crippen molar-refractivity contribution in [3.63, 3.8) is 0 Å². The maximum absolute atomic E-state index is 12.2. The quantitative estimate of drug-likeness (QED) is 0.776. The summed E-state index contributed by atoms with van der Waals surface area (Å²) in [5, 5.41) is 6.48. The van der Waals surface area contributed by atoms with Crippen LogP contribution in [0.25, 0.3) is 0 Å². The van der Waals surface area contributed by atoms with Crippen molar-refractivity contribution in [3.8, 4) is 0 Å². The molecule has 1 aliphatic heterocycles. The van der Waals surface area contributed by atoms with Crippen LogP contribution in [0.1, 0.15) is 25.0 Å². The second kappa shape index (κ2) is 4.81. The van der Waals surface area contributed by atoms with Gasteiger partial charge >= 0.3 is 6.03 Å². The maximum Gasteiger partial charge on any atom is 0.328 e. The van der Waals surface area contributed by atoms with E-state index in [2.05, 4.69) is 10.6 Å². The van der Waals surface area contributed by atoms with E-state index in [9.17, 15) is 4.79 Å². The fourth-order valence-corrected chi connectivity index (χ4v) is 2.46. The summed E-state index contributed by atoms with van der Waals surface area (Å²) in [5.41, 5.74) is 2.98. The molecule has 1 aliphatic rings. The summed E-state index contributed by atoms with van der Waals surface area (Å²) in [7, 11) is 0. The molecule has 0 unspecified atom stereocenters. The van der Waals surface area contributed by atoms with Crippen LogP contribution in [0.3, 0.4) is 0 Å². The second-order valence-electron chi connectivity index (χ2n) is 5.63. The number of aryl methyl sites for hydroxylation is 2. The summed E-state index contributed by atoms with van der Waals surface area (Å²) >= 11 is 5.18. The second-order valence-corrected chi connectivity index (χ2v) is 6.02. The molecule has 19 heavy (non-hydrogen) atoms. The van der Waals surface area contributed by atoms with Crippen LogP contribution in [0, 0.1) is 13.8 Å². The van der Waals surface area contributed by atoms with Crippen molar-refractivity contribution in [2.45, 2.75) is 33.2 Å². The average molecular weight is 277 g/mol. The highest BCUT2D eigenvalue weighted by Crippen LogP contribution is 2.18. The summed E-state index contributed by atoms with van der Waals surface area (Å²) in [5.74, 6) is 0. The van der Waals surface area contributed by atoms with Crippen LogP contribution < -0.4 is 10.6 Å². The summed E-state index contributed by atoms with van der Waals surface area (Å²) in [6.45, 7) is 8.67. The Kier molecular flexibility index (Phi) is 3.49. The van der Waals surface area contributed by atoms with Gasteiger partial charge in [0.1, 0.15) is 0 Å². The number of hydrogen-bond acceptors (Lipinski definition) is 2. The monoisotopic (exact) mass is 277 g/mol. The lowest BCUT2D eigenvalue weighted by Gasteiger charge is -2.18. The van der Waals surface area contributed by atoms with Crippen molar-refractivity contribution < 1.29 is 4.79 Å². The first-order chi connectivity index (χ1) is 8.78. The number of amides is 2. The predicted molar refractivity (Wildman–Crippen MR) is 81.5 cm³/mol. The minimum Gasteiger partial charge on any atom is -0.355 e. The lowest BCUT2D eigenvalue weighted by Crippen LogP contribution is -2.37. The van der Waals surface area contributed by atoms with Crippen molar-refractivity contribution in [2.24, 2.45) is 0 Å². The molecule has 1 aromatic rings. The van der Waals surface area contributed by atoms with Gasteiger partial charge in [-0.05, 0) is 63.2 Å². The smallest absolute Gasteiger partial charge is 0.328 e. The van der Waals surface area contributed by atoms with E-state index in [4.69, 9.17) is 12.2 Å². The van der Waals surface area contributed by atoms with Crippen molar-refractivity contribution in [1.29, 1.82) is 0 Å². The first-order valence-corrected chi connectivity index (χ1v) is 6.67. The van der Waals surface area contributed by atoms with Crippen molar-refractivity contribution >= 4 is 29.0 Å². The van der Waals surface area contributed by atoms with Gasteiger partial charge in [0.15, 0.2) is 5.11 Å². The molecule has 102 valence electrons. The molecule has 2 amide bonds. The average Bonchev–Trinajstić information content (AvgIpc) is 2.57. The largest absolute Gasteiger partial charge is 0.355 e. The van der Waals surface area contributed by atoms with Crippen LogP contribution in [0.5, 0.6) is 0 Å². The highest BCUT2D eigenvalue weighted by atomic mass is 32.1. The topological polar surface area (TPSA) is 44.4 Å². The van der Waals surface area contributed by atoms with Gasteiger partial charge in [-0.3, -0.25) is 4.90 Å². The van der Waals surface area contributed by atoms with Crippen LogP contribution in [0.2, 0.25) is 0 Å². The molecule has 0 atom stereocenters. The molecule has 0 aliphatic carbocycles. The molecule has 0 aromatic heterocycles. The number of thiocarbonyl (C=S) groups is 1. The van der Waals surface area contributed by atoms with Crippen LogP contribution in [0.15, 0.2) is 18.2 Å². The van der Waals surface area contributed by atoms with E-state index in [1.807, 2.05) is 45.9 Å². The van der Waals surface area contributed by atoms with E-state index >= 15 is 0 Å². The molecule has 0 radical (unpaired) electrons. The van der Waals surface area contributed by atoms with Gasteiger partial charge in [0.25, 0.3) is 0 Å². The Bertz CT molecular complexity index is 539. The molecule has 4 nitrogen and oxygen atoms in total. The number of carbonyl (C=O) groups is 1. The number of rotatable bonds is 1. The Morgan fingerprint density at radius 3 is 2.58 bits per heavy atom. The summed E-state index contributed by atoms with van der Waals surface area (Å²) in [6.07, 6.45) is 0. The molecule has 1 heterocycles. The third kappa shape index (κ3) is 3.04. The molecule has 2 rings (SSSR count). The first-order valence-electron chi connectivity index (χ1n) is 6.26. The zero-order chi connectivity index (χ0) is 14.2. The highest BCUT2D eigenvalue weighted by molar-refractivity contribution is 7.80. The zero-order valence-corrected chi connectivity index (χ0v) is 12.5. The maximum atomic E-state index is 12.2. The Morgan fingerprint density at radius 2 is 2.05 bits per heavy atom. The van der Waals surface area contributed by atoms with Crippen molar-refractivity contribution in [2.75, 3.05) is 11.9 Å². The Balaban J connectivity index is 2.09. The van der Waals surface area contributed by atoms with Gasteiger partial charge < -0.3 is 10.6 Å². The van der Waals surface area contributed by atoms with E-state index in [1.54, 1.807) is 4.90 Å². The fourth-order valence-electron chi connectivity index (χ4n) is 2.04. The van der Waals surface area contributed by atoms with Gasteiger partial charge in [0.2, 0.25) is 0 Å². The third-order valence-corrected chi connectivity index (χ3v) is 3.57. The Labute approximate surface area is 119 Å². The summed E-state index contributed by atoms with van der Waals surface area (Å²) in [4.78, 5) is 13.8. The number of urea groups is 1. The van der Waals surface area contributed by atoms with Crippen LogP contribution >= 0.6 is 12.2 Å². The summed E-state index contributed by atoms with van der Waals surface area (Å²) in [6, 6.07) is 5.67. The molecule has 2 N–H and O–H groups in total. The van der Waals surface area contributed by atoms with Gasteiger partial charge in [0.05, 0.1) is 12.1 Å². The van der Waals surface area contributed by atoms with Crippen LogP contribution in [0.4, 0.5) is 10.5 Å². The fraction of sp³-hybridized carbons (Fsp3) is 0.429. The van der Waals surface area contributed by atoms with Gasteiger partial charge in [0, 0.05) is 5.69 Å². The number of anilines is 1. The van der Waals surface area contributed by atoms with Crippen LogP contribution in [-0.4, -0.2) is 28.1 Å². The van der Waals surface area contributed by atoms with E-state index in [1.165, 1.54) is 5.56 Å². The van der Waals surface area contributed by atoms with Gasteiger partial charge in [-0.2, -0.15) is 0 Å². The number of nitrogens with zero attached hydrogens (tertiary/aromatic N) is 1. The number of hydrogen-bond donors (Lipinski definition) is 2. The minimum atomic E-state index is -0.189. The molecule has 1 aromatic carbocycles. The third-order valence-electron chi connectivity index (χ3n) is 3.25. The predicted octanol–water partition coefficient (Wildman–Crippen LogP) is 2.80. The SMILES string of the molecule is Cc1ccc(NC(=O)N2CC(C)(C)NC2=S)cc1C. The molecule has 0 bridgehead atoms. The van der Waals surface area contributed by atoms with E-state index < -0.39 is 0 Å². The lowest BCUT2D eigenvalue weighted by molar-refractivity contribution is 0.233. The van der Waals surface area contributed by atoms with E-state index in [0.717, 1.165) is 11.3 Å². The van der Waals surface area contributed by atoms with Crippen molar-refractivity contribution in [3.05, 3.63) is 29.3 Å². The first kappa shape index (κ1) is 13.8. The van der Waals surface area contributed by atoms with Gasteiger partial charge in [-0.1, -0.05) is 6.07 Å². The number of benzene rings is 1. The van der Waals surface area contributed by atoms with Gasteiger partial charge in [-0.25, -0.2) is 4.79 Å². The van der Waals surface area contributed by atoms with Crippen LogP contribution in [-0.2, 0) is 0 Å². The standard InChI is InChI=1S/C14H19N3OS/c1-9-5-6-11(7-10(9)2)15-12(18)17-8-14(3,4)16-13(17)19/h5-7H,8H2,1-4H3,(H,15,18)(H,16,19). The van der Waals surface area contributed by atoms with Crippen molar-refractivity contribution in [1.82, 2.24) is 10.2 Å². The number of nitrogens with one attached hydrogen (secondary N) is 2. The molecule has 5 heteroatoms. The number of carbonyl (C=O) groups excluding carboxylic acids is 1. The molecular weight excluding hydrogens is 258 g/mol. The Hall–Kier alpha value is -1.62. The minimum absolute atomic E-state index is 0.169. The Morgan fingerprint density at radius 1 is 1.37 bits per heavy atom. The van der Waals surface area contributed by atoms with Gasteiger partial charge in [-0.15, -0.1) is 0 Å². The molecular formula is C14H19N3OS.